The number of carbonyl (C=O) groups excluding carboxylic acids is 2. The molecule has 0 saturated carbocycles. The Balaban J connectivity index is 1.57. The number of fused-ring (bicyclic) bond motifs is 1. The number of benzene rings is 3. The van der Waals surface area contributed by atoms with Crippen LogP contribution in [0.25, 0.3) is 33.9 Å². The number of carbonyl (C=O) groups is 2. The molecule has 1 aromatic heterocycles. The van der Waals surface area contributed by atoms with Crippen LogP contribution >= 0.6 is 0 Å². The van der Waals surface area contributed by atoms with Crippen LogP contribution in [0.5, 0.6) is 0 Å². The summed E-state index contributed by atoms with van der Waals surface area (Å²) >= 11 is 0. The largest absolute Gasteiger partial charge is 0.358 e. The van der Waals surface area contributed by atoms with E-state index in [1.165, 1.54) is 0 Å². The second-order valence-electron chi connectivity index (χ2n) is 10.6. The number of aryl methyl sites for hydroxylation is 1. The van der Waals surface area contributed by atoms with Gasteiger partial charge in [0.05, 0.1) is 11.1 Å². The van der Waals surface area contributed by atoms with Crippen LogP contribution < -0.4 is 11.1 Å². The minimum absolute atomic E-state index is 0.0373. The molecule has 204 valence electrons. The average molecular weight is 533 g/mol. The van der Waals surface area contributed by atoms with E-state index in [-0.39, 0.29) is 17.9 Å². The minimum atomic E-state index is -0.161. The van der Waals surface area contributed by atoms with E-state index in [1.54, 1.807) is 0 Å². The summed E-state index contributed by atoms with van der Waals surface area (Å²) in [7, 11) is 0. The highest BCUT2D eigenvalue weighted by Crippen LogP contribution is 2.41. The van der Waals surface area contributed by atoms with Crippen molar-refractivity contribution in [3.05, 3.63) is 101 Å². The van der Waals surface area contributed by atoms with E-state index in [4.69, 9.17) is 5.73 Å². The van der Waals surface area contributed by atoms with Crippen molar-refractivity contribution < 1.29 is 9.59 Å². The molecule has 0 aliphatic carbocycles. The molecule has 4 N–H and O–H groups in total. The van der Waals surface area contributed by atoms with Gasteiger partial charge in [-0.1, -0.05) is 67.6 Å². The van der Waals surface area contributed by atoms with Crippen LogP contribution in [0.2, 0.25) is 0 Å². The lowest BCUT2D eigenvalue weighted by atomic mass is 9.92. The number of hydrogen-bond acceptors (Lipinski definition) is 3. The third kappa shape index (κ3) is 5.23. The van der Waals surface area contributed by atoms with Crippen molar-refractivity contribution in [1.82, 2.24) is 9.88 Å². The second-order valence-corrected chi connectivity index (χ2v) is 10.6. The van der Waals surface area contributed by atoms with Crippen molar-refractivity contribution in [2.75, 3.05) is 18.4 Å². The number of aromatic amines is 1. The second kappa shape index (κ2) is 11.4. The Kier molecular flexibility index (Phi) is 7.71. The number of nitrogens with zero attached hydrogens (tertiary/aromatic N) is 1. The van der Waals surface area contributed by atoms with E-state index in [1.807, 2.05) is 68.1 Å². The molecule has 2 amide bonds. The van der Waals surface area contributed by atoms with Gasteiger partial charge < -0.3 is 20.9 Å². The van der Waals surface area contributed by atoms with Crippen LogP contribution in [0.3, 0.4) is 0 Å². The Morgan fingerprint density at radius 1 is 0.975 bits per heavy atom. The van der Waals surface area contributed by atoms with E-state index in [9.17, 15) is 9.59 Å². The van der Waals surface area contributed by atoms with Gasteiger partial charge in [0.15, 0.2) is 0 Å². The predicted octanol–water partition coefficient (Wildman–Crippen LogP) is 6.66. The van der Waals surface area contributed by atoms with Crippen molar-refractivity contribution >= 4 is 29.2 Å². The number of hydrogen-bond donors (Lipinski definition) is 3. The predicted molar refractivity (Wildman–Crippen MR) is 164 cm³/mol. The topological polar surface area (TPSA) is 91.2 Å². The zero-order valence-corrected chi connectivity index (χ0v) is 23.5. The molecule has 0 saturated heterocycles. The minimum Gasteiger partial charge on any atom is -0.358 e. The van der Waals surface area contributed by atoms with Gasteiger partial charge in [0.25, 0.3) is 11.8 Å². The summed E-state index contributed by atoms with van der Waals surface area (Å²) in [6.07, 6.45) is 2.73. The van der Waals surface area contributed by atoms with Gasteiger partial charge in [-0.15, -0.1) is 0 Å². The van der Waals surface area contributed by atoms with E-state index >= 15 is 0 Å². The fourth-order valence-electron chi connectivity index (χ4n) is 5.56. The van der Waals surface area contributed by atoms with Crippen molar-refractivity contribution in [1.29, 1.82) is 0 Å². The summed E-state index contributed by atoms with van der Waals surface area (Å²) in [5.74, 6) is -0.199. The third-order valence-corrected chi connectivity index (χ3v) is 7.38. The number of aromatic nitrogens is 1. The van der Waals surface area contributed by atoms with Crippen LogP contribution in [0, 0.1) is 13.8 Å². The summed E-state index contributed by atoms with van der Waals surface area (Å²) in [6, 6.07) is 24.5. The maximum atomic E-state index is 13.6. The molecule has 40 heavy (non-hydrogen) atoms. The first-order valence-electron chi connectivity index (χ1n) is 13.8. The van der Waals surface area contributed by atoms with Crippen molar-refractivity contribution in [2.45, 2.75) is 40.2 Å². The van der Waals surface area contributed by atoms with Gasteiger partial charge in [0, 0.05) is 41.8 Å². The Labute approximate surface area is 235 Å². The molecule has 0 spiro atoms. The van der Waals surface area contributed by atoms with Gasteiger partial charge in [-0.3, -0.25) is 9.59 Å². The highest BCUT2D eigenvalue weighted by molar-refractivity contribution is 6.36. The van der Waals surface area contributed by atoms with Gasteiger partial charge in [0.1, 0.15) is 0 Å². The molecular formula is C34H36N4O2. The Morgan fingerprint density at radius 3 is 2.40 bits per heavy atom. The Morgan fingerprint density at radius 2 is 1.68 bits per heavy atom. The normalized spacial score (nSPS) is 14.2. The number of amides is 2. The lowest BCUT2D eigenvalue weighted by Gasteiger charge is -2.24. The zero-order valence-electron chi connectivity index (χ0n) is 23.5. The molecule has 0 bridgehead atoms. The molecule has 1 aliphatic rings. The smallest absolute Gasteiger partial charge is 0.256 e. The van der Waals surface area contributed by atoms with Crippen molar-refractivity contribution in [3.63, 3.8) is 0 Å². The Hall–Kier alpha value is -4.42. The monoisotopic (exact) mass is 532 g/mol. The van der Waals surface area contributed by atoms with Crippen molar-refractivity contribution in [2.24, 2.45) is 5.73 Å². The number of rotatable bonds is 8. The van der Waals surface area contributed by atoms with Gasteiger partial charge in [0.2, 0.25) is 0 Å². The maximum absolute atomic E-state index is 13.6. The van der Waals surface area contributed by atoms with Crippen LogP contribution in [0.4, 0.5) is 5.69 Å². The molecule has 0 unspecified atom stereocenters. The fraction of sp³-hybridized carbons (Fsp3) is 0.235. The lowest BCUT2D eigenvalue weighted by molar-refractivity contribution is -0.110. The first-order valence-corrected chi connectivity index (χ1v) is 13.8. The maximum Gasteiger partial charge on any atom is 0.256 e. The van der Waals surface area contributed by atoms with Crippen LogP contribution in [-0.4, -0.2) is 40.8 Å². The number of anilines is 1. The fourth-order valence-corrected chi connectivity index (χ4v) is 5.56. The number of H-pyrrole nitrogens is 1. The molecule has 0 radical (unpaired) electrons. The molecular weight excluding hydrogens is 496 g/mol. The quantitative estimate of drug-likeness (QED) is 0.222. The highest BCUT2D eigenvalue weighted by atomic mass is 16.2. The summed E-state index contributed by atoms with van der Waals surface area (Å²) in [5, 5.41) is 3.03. The van der Waals surface area contributed by atoms with Gasteiger partial charge in [-0.2, -0.15) is 0 Å². The van der Waals surface area contributed by atoms with Gasteiger partial charge >= 0.3 is 0 Å². The van der Waals surface area contributed by atoms with Crippen LogP contribution in [0.15, 0.2) is 72.8 Å². The standard InChI is InChI=1S/C34H36N4O2/c1-5-17-38(20-21(2)35)34(40)31-22(3)30(36-23(31)4)19-28-32-27(15-10-16-29(32)37-33(28)39)26-14-9-13-25(18-26)24-11-7-6-8-12-24/h6-16,18-19,21,36H,5,17,20,35H2,1-4H3,(H,37,39)/b28-19-/t21-/m0/s1. The lowest BCUT2D eigenvalue weighted by Crippen LogP contribution is -2.40. The molecule has 5 rings (SSSR count). The van der Waals surface area contributed by atoms with Gasteiger partial charge in [-0.05, 0) is 73.2 Å². The van der Waals surface area contributed by atoms with E-state index < -0.39 is 0 Å². The third-order valence-electron chi connectivity index (χ3n) is 7.38. The van der Waals surface area contributed by atoms with E-state index in [0.717, 1.165) is 56.9 Å². The highest BCUT2D eigenvalue weighted by Gasteiger charge is 2.29. The molecule has 6 heteroatoms. The first-order chi connectivity index (χ1) is 19.3. The van der Waals surface area contributed by atoms with E-state index in [2.05, 4.69) is 53.6 Å². The van der Waals surface area contributed by atoms with Crippen LogP contribution in [0.1, 0.15) is 53.1 Å². The molecule has 6 nitrogen and oxygen atoms in total. The first kappa shape index (κ1) is 27.2. The van der Waals surface area contributed by atoms with Crippen LogP contribution in [-0.2, 0) is 4.79 Å². The molecule has 1 atom stereocenters. The average Bonchev–Trinajstić information content (AvgIpc) is 3.42. The zero-order chi connectivity index (χ0) is 28.4. The molecule has 4 aromatic rings. The summed E-state index contributed by atoms with van der Waals surface area (Å²) in [5.41, 5.74) is 15.5. The van der Waals surface area contributed by atoms with E-state index in [0.29, 0.717) is 24.2 Å². The summed E-state index contributed by atoms with van der Waals surface area (Å²) in [4.78, 5) is 32.0. The SMILES string of the molecule is CCCN(C[C@H](C)N)C(=O)c1c(C)[nH]c(/C=C2\C(=O)Nc3cccc(-c4cccc(-c5ccccc5)c4)c32)c1C. The van der Waals surface area contributed by atoms with Gasteiger partial charge in [-0.25, -0.2) is 0 Å². The Bertz CT molecular complexity index is 1600. The molecule has 2 heterocycles. The summed E-state index contributed by atoms with van der Waals surface area (Å²) < 4.78 is 0. The number of nitrogens with two attached hydrogens (primary N) is 1. The molecule has 1 aliphatic heterocycles. The molecule has 0 fully saturated rings. The molecule has 3 aromatic carbocycles. The number of nitrogens with one attached hydrogen (secondary N) is 2. The summed E-state index contributed by atoms with van der Waals surface area (Å²) in [6.45, 7) is 8.93. The van der Waals surface area contributed by atoms with Crippen molar-refractivity contribution in [3.8, 4) is 22.3 Å².